The van der Waals surface area contributed by atoms with Gasteiger partial charge in [-0.15, -0.1) is 0 Å². The van der Waals surface area contributed by atoms with Gasteiger partial charge in [-0.3, -0.25) is 10.1 Å². The van der Waals surface area contributed by atoms with Crippen LogP contribution in [0.15, 0.2) is 28.6 Å². The number of nitro benzene ring substituents is 1. The van der Waals surface area contributed by atoms with Crippen molar-refractivity contribution in [3.05, 3.63) is 39.4 Å². The number of sulfonamides is 1. The van der Waals surface area contributed by atoms with Crippen molar-refractivity contribution in [3.8, 4) is 5.75 Å². The van der Waals surface area contributed by atoms with Crippen LogP contribution in [-0.4, -0.2) is 19.9 Å². The summed E-state index contributed by atoms with van der Waals surface area (Å²) in [5, 5.41) is 15.9. The zero-order valence-electron chi connectivity index (χ0n) is 9.87. The molecule has 0 aromatic heterocycles. The van der Waals surface area contributed by atoms with Gasteiger partial charge in [-0.1, -0.05) is 11.6 Å². The summed E-state index contributed by atoms with van der Waals surface area (Å²) < 4.78 is 27.7. The van der Waals surface area contributed by atoms with E-state index >= 15 is 0 Å². The van der Waals surface area contributed by atoms with E-state index in [9.17, 15) is 18.5 Å². The van der Waals surface area contributed by atoms with Gasteiger partial charge in [0, 0.05) is 11.6 Å². The smallest absolute Gasteiger partial charge is 0.312 e. The third-order valence-electron chi connectivity index (χ3n) is 2.18. The van der Waals surface area contributed by atoms with Gasteiger partial charge in [0.25, 0.3) is 0 Å². The van der Waals surface area contributed by atoms with Crippen LogP contribution >= 0.6 is 11.6 Å². The van der Waals surface area contributed by atoms with Crippen LogP contribution in [0.5, 0.6) is 5.75 Å². The summed E-state index contributed by atoms with van der Waals surface area (Å²) in [4.78, 5) is 9.84. The van der Waals surface area contributed by atoms with Gasteiger partial charge in [0.1, 0.15) is 6.61 Å². The standard InChI is InChI=1S/C10H11ClN2O5S/c1-7-5-9(18-4-2-3-11)8(13(14)15)6-10(7)19(12,16)17/h2-3,5-6H,4H2,1H3,(H2,12,16,17)/b3-2+. The Labute approximate surface area is 114 Å². The molecule has 0 aliphatic carbocycles. The van der Waals surface area contributed by atoms with E-state index in [4.69, 9.17) is 21.5 Å². The van der Waals surface area contributed by atoms with Crippen LogP contribution in [-0.2, 0) is 10.0 Å². The topological polar surface area (TPSA) is 113 Å². The summed E-state index contributed by atoms with van der Waals surface area (Å²) in [5.41, 5.74) is 0.993. The predicted molar refractivity (Wildman–Crippen MR) is 69.7 cm³/mol. The molecule has 1 aromatic rings. The Morgan fingerprint density at radius 2 is 2.16 bits per heavy atom. The lowest BCUT2D eigenvalue weighted by Gasteiger charge is -2.08. The van der Waals surface area contributed by atoms with Gasteiger partial charge in [0.15, 0.2) is 5.75 Å². The maximum atomic E-state index is 11.3. The summed E-state index contributed by atoms with van der Waals surface area (Å²) >= 11 is 5.30. The molecule has 1 rings (SSSR count). The molecule has 0 amide bonds. The minimum Gasteiger partial charge on any atom is -0.483 e. The fourth-order valence-electron chi connectivity index (χ4n) is 1.39. The van der Waals surface area contributed by atoms with E-state index in [0.29, 0.717) is 0 Å². The SMILES string of the molecule is Cc1cc(OC/C=C/Cl)c([N+](=O)[O-])cc1S(N)(=O)=O. The number of hydrogen-bond acceptors (Lipinski definition) is 5. The molecule has 9 heteroatoms. The molecule has 0 aliphatic heterocycles. The van der Waals surface area contributed by atoms with E-state index in [0.717, 1.165) is 6.07 Å². The molecule has 0 radical (unpaired) electrons. The Balaban J connectivity index is 3.33. The summed E-state index contributed by atoms with van der Waals surface area (Å²) in [6.45, 7) is 1.49. The molecular weight excluding hydrogens is 296 g/mol. The average Bonchev–Trinajstić information content (AvgIpc) is 2.27. The monoisotopic (exact) mass is 306 g/mol. The Bertz CT molecular complexity index is 627. The molecule has 0 heterocycles. The first-order valence-corrected chi connectivity index (χ1v) is 6.95. The Morgan fingerprint density at radius 1 is 1.53 bits per heavy atom. The molecule has 7 nitrogen and oxygen atoms in total. The molecule has 0 saturated heterocycles. The lowest BCUT2D eigenvalue weighted by molar-refractivity contribution is -0.386. The second-order valence-electron chi connectivity index (χ2n) is 3.56. The van der Waals surface area contributed by atoms with Crippen molar-refractivity contribution >= 4 is 27.3 Å². The summed E-state index contributed by atoms with van der Waals surface area (Å²) in [5.74, 6) is -0.0512. The first-order valence-electron chi connectivity index (χ1n) is 4.97. The predicted octanol–water partition coefficient (Wildman–Crippen LogP) is 1.68. The van der Waals surface area contributed by atoms with Crippen LogP contribution in [0.4, 0.5) is 5.69 Å². The fourth-order valence-corrected chi connectivity index (χ4v) is 2.25. The zero-order chi connectivity index (χ0) is 14.6. The number of nitrogens with two attached hydrogens (primary N) is 1. The van der Waals surface area contributed by atoms with Crippen molar-refractivity contribution in [2.45, 2.75) is 11.8 Å². The molecule has 0 spiro atoms. The van der Waals surface area contributed by atoms with Crippen molar-refractivity contribution in [2.75, 3.05) is 6.61 Å². The van der Waals surface area contributed by atoms with E-state index in [1.54, 1.807) is 0 Å². The number of aryl methyl sites for hydroxylation is 1. The third-order valence-corrected chi connectivity index (χ3v) is 3.41. The molecule has 0 unspecified atom stereocenters. The lowest BCUT2D eigenvalue weighted by atomic mass is 10.2. The van der Waals surface area contributed by atoms with Crippen molar-refractivity contribution in [1.82, 2.24) is 0 Å². The van der Waals surface area contributed by atoms with Crippen LogP contribution in [0.3, 0.4) is 0 Å². The second kappa shape index (κ2) is 6.00. The largest absolute Gasteiger partial charge is 0.483 e. The maximum absolute atomic E-state index is 11.3. The molecule has 0 saturated carbocycles. The highest BCUT2D eigenvalue weighted by Gasteiger charge is 2.22. The number of ether oxygens (including phenoxy) is 1. The van der Waals surface area contributed by atoms with E-state index < -0.39 is 20.6 Å². The summed E-state index contributed by atoms with van der Waals surface area (Å²) in [7, 11) is -4.03. The van der Waals surface area contributed by atoms with Crippen LogP contribution < -0.4 is 9.88 Å². The molecular formula is C10H11ClN2O5S. The number of hydrogen-bond donors (Lipinski definition) is 1. The molecule has 19 heavy (non-hydrogen) atoms. The number of nitrogens with zero attached hydrogens (tertiary/aromatic N) is 1. The maximum Gasteiger partial charge on any atom is 0.312 e. The minimum absolute atomic E-state index is 0.0263. The van der Waals surface area contributed by atoms with Crippen molar-refractivity contribution in [2.24, 2.45) is 5.14 Å². The molecule has 0 bridgehead atoms. The Hall–Kier alpha value is -1.64. The highest BCUT2D eigenvalue weighted by molar-refractivity contribution is 7.89. The average molecular weight is 307 g/mol. The van der Waals surface area contributed by atoms with Crippen LogP contribution in [0.2, 0.25) is 0 Å². The van der Waals surface area contributed by atoms with Gasteiger partial charge >= 0.3 is 5.69 Å². The lowest BCUT2D eigenvalue weighted by Crippen LogP contribution is -2.14. The normalized spacial score (nSPS) is 11.7. The summed E-state index contributed by atoms with van der Waals surface area (Å²) in [6, 6.07) is 2.13. The van der Waals surface area contributed by atoms with Gasteiger partial charge in [-0.2, -0.15) is 0 Å². The number of primary sulfonamides is 1. The first-order chi connectivity index (χ1) is 8.77. The molecule has 1 aromatic carbocycles. The minimum atomic E-state index is -4.03. The van der Waals surface area contributed by atoms with Gasteiger partial charge in [0.2, 0.25) is 10.0 Å². The van der Waals surface area contributed by atoms with E-state index in [1.165, 1.54) is 24.6 Å². The highest BCUT2D eigenvalue weighted by Crippen LogP contribution is 2.32. The van der Waals surface area contributed by atoms with Gasteiger partial charge < -0.3 is 4.74 Å². The van der Waals surface area contributed by atoms with Gasteiger partial charge in [-0.25, -0.2) is 13.6 Å². The Morgan fingerprint density at radius 3 is 2.63 bits per heavy atom. The van der Waals surface area contributed by atoms with Crippen molar-refractivity contribution in [3.63, 3.8) is 0 Å². The number of halogens is 1. The molecule has 0 fully saturated rings. The Kier molecular flexibility index (Phi) is 4.87. The molecule has 2 N–H and O–H groups in total. The van der Waals surface area contributed by atoms with Crippen LogP contribution in [0.25, 0.3) is 0 Å². The van der Waals surface area contributed by atoms with Crippen LogP contribution in [0.1, 0.15) is 5.56 Å². The molecule has 0 atom stereocenters. The van der Waals surface area contributed by atoms with Crippen molar-refractivity contribution < 1.29 is 18.1 Å². The molecule has 104 valence electrons. The van der Waals surface area contributed by atoms with E-state index in [1.807, 2.05) is 0 Å². The second-order valence-corrected chi connectivity index (χ2v) is 5.34. The van der Waals surface area contributed by atoms with E-state index in [2.05, 4.69) is 0 Å². The van der Waals surface area contributed by atoms with Gasteiger partial charge in [-0.05, 0) is 24.6 Å². The third kappa shape index (κ3) is 3.91. The fraction of sp³-hybridized carbons (Fsp3) is 0.200. The van der Waals surface area contributed by atoms with Gasteiger partial charge in [0.05, 0.1) is 9.82 Å². The summed E-state index contributed by atoms with van der Waals surface area (Å²) in [6.07, 6.45) is 1.44. The highest BCUT2D eigenvalue weighted by atomic mass is 35.5. The number of rotatable bonds is 5. The quantitative estimate of drug-likeness (QED) is 0.657. The van der Waals surface area contributed by atoms with Crippen LogP contribution in [0, 0.1) is 17.0 Å². The zero-order valence-corrected chi connectivity index (χ0v) is 11.4. The number of benzene rings is 1. The molecule has 0 aliphatic rings. The number of nitro groups is 1. The first kappa shape index (κ1) is 15.4. The van der Waals surface area contributed by atoms with E-state index in [-0.39, 0.29) is 22.8 Å². The van der Waals surface area contributed by atoms with Crippen molar-refractivity contribution in [1.29, 1.82) is 0 Å².